The van der Waals surface area contributed by atoms with E-state index in [1.54, 1.807) is 0 Å². The Morgan fingerprint density at radius 3 is 2.43 bits per heavy atom. The van der Waals surface area contributed by atoms with Crippen molar-refractivity contribution in [2.24, 2.45) is 46.3 Å². The second-order valence-corrected chi connectivity index (χ2v) is 15.7. The molecule has 228 valence electrons. The molecular weight excluding hydrogens is 594 g/mol. The first kappa shape index (κ1) is 30.2. The second kappa shape index (κ2) is 11.3. The molecule has 4 saturated carbocycles. The van der Waals surface area contributed by atoms with Gasteiger partial charge >= 0.3 is 5.97 Å². The average Bonchev–Trinajstić information content (AvgIpc) is 3.32. The van der Waals surface area contributed by atoms with Crippen LogP contribution in [0.25, 0.3) is 0 Å². The van der Waals surface area contributed by atoms with Crippen LogP contribution in [0.15, 0.2) is 28.7 Å². The first-order valence-corrected chi connectivity index (χ1v) is 17.1. The van der Waals surface area contributed by atoms with Gasteiger partial charge in [-0.2, -0.15) is 0 Å². The number of benzene rings is 1. The van der Waals surface area contributed by atoms with E-state index in [1.807, 2.05) is 12.1 Å². The van der Waals surface area contributed by atoms with Crippen LogP contribution in [0.2, 0.25) is 0 Å². The molecule has 42 heavy (non-hydrogen) atoms. The summed E-state index contributed by atoms with van der Waals surface area (Å²) in [5.74, 6) is 1.23. The summed E-state index contributed by atoms with van der Waals surface area (Å²) in [5, 5.41) is 2.28. The van der Waals surface area contributed by atoms with E-state index in [2.05, 4.69) is 54.2 Å². The molecule has 0 bridgehead atoms. The minimum atomic E-state index is -0.576. The molecule has 8 atom stereocenters. The van der Waals surface area contributed by atoms with Gasteiger partial charge in [-0.05, 0) is 78.4 Å². The molecule has 0 radical (unpaired) electrons. The zero-order valence-electron chi connectivity index (χ0n) is 25.5. The van der Waals surface area contributed by atoms with Crippen molar-refractivity contribution in [1.29, 1.82) is 0 Å². The lowest BCUT2D eigenvalue weighted by Gasteiger charge is -2.58. The molecule has 5 aliphatic rings. The van der Waals surface area contributed by atoms with Crippen LogP contribution in [-0.2, 0) is 29.5 Å². The average molecular weight is 642 g/mol. The van der Waals surface area contributed by atoms with E-state index >= 15 is 0 Å². The van der Waals surface area contributed by atoms with Gasteiger partial charge in [-0.1, -0.05) is 48.8 Å². The maximum Gasteiger partial charge on any atom is 0.306 e. The lowest BCUT2D eigenvalue weighted by atomic mass is 9.44. The van der Waals surface area contributed by atoms with Gasteiger partial charge in [-0.3, -0.25) is 19.2 Å². The molecule has 0 spiro atoms. The number of rotatable bonds is 6. The van der Waals surface area contributed by atoms with Crippen molar-refractivity contribution in [1.82, 2.24) is 0 Å². The van der Waals surface area contributed by atoms with E-state index in [0.29, 0.717) is 50.1 Å². The number of esters is 1. The van der Waals surface area contributed by atoms with Gasteiger partial charge in [0, 0.05) is 60.8 Å². The van der Waals surface area contributed by atoms with E-state index in [1.165, 1.54) is 0 Å². The number of nitrogens with two attached hydrogens (primary N) is 1. The van der Waals surface area contributed by atoms with Crippen LogP contribution in [0.1, 0.15) is 97.0 Å². The summed E-state index contributed by atoms with van der Waals surface area (Å²) in [4.78, 5) is 53.4. The Kier molecular flexibility index (Phi) is 8.08. The molecule has 5 fully saturated rings. The summed E-state index contributed by atoms with van der Waals surface area (Å²) in [7, 11) is 0. The quantitative estimate of drug-likeness (QED) is 0.412. The summed E-state index contributed by atoms with van der Waals surface area (Å²) < 4.78 is 7.32. The summed E-state index contributed by atoms with van der Waals surface area (Å²) >= 11 is 3.52. The van der Waals surface area contributed by atoms with Crippen molar-refractivity contribution in [3.05, 3.63) is 34.3 Å². The minimum Gasteiger partial charge on any atom is -0.454 e. The Morgan fingerprint density at radius 2 is 1.71 bits per heavy atom. The number of halogens is 1. The van der Waals surface area contributed by atoms with Gasteiger partial charge in [-0.15, -0.1) is 0 Å². The van der Waals surface area contributed by atoms with Crippen molar-refractivity contribution >= 4 is 39.2 Å². The maximum atomic E-state index is 14.1. The monoisotopic (exact) mass is 640 g/mol. The number of hydrogen-bond donors (Lipinski definition) is 1. The molecule has 7 heteroatoms. The molecule has 4 aliphatic carbocycles. The first-order chi connectivity index (χ1) is 20.0. The lowest BCUT2D eigenvalue weighted by Crippen LogP contribution is -2.87. The van der Waals surface area contributed by atoms with Crippen LogP contribution in [-0.4, -0.2) is 36.4 Å². The fourth-order valence-corrected chi connectivity index (χ4v) is 10.6. The lowest BCUT2D eigenvalue weighted by molar-refractivity contribution is -0.668. The Labute approximate surface area is 258 Å². The molecule has 0 aromatic heterocycles. The molecule has 1 aliphatic heterocycles. The minimum absolute atomic E-state index is 0.0639. The largest absolute Gasteiger partial charge is 0.454 e. The van der Waals surface area contributed by atoms with Crippen molar-refractivity contribution in [2.75, 3.05) is 13.1 Å². The maximum absolute atomic E-state index is 14.1. The van der Waals surface area contributed by atoms with Gasteiger partial charge in [0.05, 0.1) is 13.1 Å². The predicted molar refractivity (Wildman–Crippen MR) is 162 cm³/mol. The SMILES string of the molecule is C[C@H](CCC(=O)OC1(c2ccc(Br)cc2)CC[NH2+]CC1)[C@H]1CC[C@H]2[C@@H]3C(=O)C[C@@H]4CC(=O)CC[C@]4(C)[C@H]3CC(=O)[C@]12C. The van der Waals surface area contributed by atoms with Gasteiger partial charge < -0.3 is 10.1 Å². The van der Waals surface area contributed by atoms with Crippen LogP contribution in [0.4, 0.5) is 0 Å². The van der Waals surface area contributed by atoms with Crippen LogP contribution < -0.4 is 5.32 Å². The van der Waals surface area contributed by atoms with Crippen molar-refractivity contribution in [3.63, 3.8) is 0 Å². The molecule has 2 N–H and O–H groups in total. The summed E-state index contributed by atoms with van der Waals surface area (Å²) in [5.41, 5.74) is -0.137. The van der Waals surface area contributed by atoms with Crippen LogP contribution in [0, 0.1) is 46.3 Å². The smallest absolute Gasteiger partial charge is 0.306 e. The van der Waals surface area contributed by atoms with Gasteiger partial charge in [0.1, 0.15) is 23.0 Å². The van der Waals surface area contributed by atoms with Crippen LogP contribution in [0.5, 0.6) is 0 Å². The van der Waals surface area contributed by atoms with Crippen molar-refractivity contribution < 1.29 is 29.2 Å². The Hall–Kier alpha value is -1.86. The van der Waals surface area contributed by atoms with Crippen molar-refractivity contribution in [3.8, 4) is 0 Å². The standard InChI is InChI=1S/C35H46BrNO5/c1-21(4-11-31(41)42-35(14-16-37-17-15-35)22-5-7-24(36)8-6-22)26-9-10-27-32-28(20-30(40)34(26,27)3)33(2)13-12-25(38)18-23(33)19-29(32)39/h5-8,21,23,26-28,32,37H,4,9-20H2,1-3H3/p+1/t21-,23+,26-,27+,28+,32+,33+,34-/m1/s1. The van der Waals surface area contributed by atoms with Crippen LogP contribution in [0.3, 0.4) is 0 Å². The molecule has 1 saturated heterocycles. The number of ether oxygens (including phenoxy) is 1. The van der Waals surface area contributed by atoms with Crippen LogP contribution >= 0.6 is 15.9 Å². The number of piperidine rings is 1. The summed E-state index contributed by atoms with van der Waals surface area (Å²) in [6.07, 6.45) is 7.30. The van der Waals surface area contributed by atoms with E-state index in [-0.39, 0.29) is 52.7 Å². The first-order valence-electron chi connectivity index (χ1n) is 16.4. The fraction of sp³-hybridized carbons (Fsp3) is 0.714. The zero-order chi connectivity index (χ0) is 29.9. The third kappa shape index (κ3) is 4.95. The molecule has 6 nitrogen and oxygen atoms in total. The Bertz CT molecular complexity index is 1250. The highest BCUT2D eigenvalue weighted by Crippen LogP contribution is 2.66. The van der Waals surface area contributed by atoms with Gasteiger partial charge in [0.25, 0.3) is 0 Å². The number of carbonyl (C=O) groups is 4. The number of fused-ring (bicyclic) bond motifs is 5. The van der Waals surface area contributed by atoms with Gasteiger partial charge in [-0.25, -0.2) is 0 Å². The van der Waals surface area contributed by atoms with Gasteiger partial charge in [0.2, 0.25) is 0 Å². The normalized spacial score (nSPS) is 38.3. The zero-order valence-corrected chi connectivity index (χ0v) is 27.0. The third-order valence-electron chi connectivity index (χ3n) is 12.9. The fourth-order valence-electron chi connectivity index (χ4n) is 10.3. The molecular formula is C35H47BrNO5+. The number of quaternary nitrogens is 1. The summed E-state index contributed by atoms with van der Waals surface area (Å²) in [6.45, 7) is 8.45. The predicted octanol–water partition coefficient (Wildman–Crippen LogP) is 5.55. The Balaban J connectivity index is 1.14. The van der Waals surface area contributed by atoms with E-state index in [4.69, 9.17) is 4.74 Å². The molecule has 6 rings (SSSR count). The molecule has 1 heterocycles. The van der Waals surface area contributed by atoms with E-state index in [9.17, 15) is 19.2 Å². The highest BCUT2D eigenvalue weighted by atomic mass is 79.9. The van der Waals surface area contributed by atoms with E-state index < -0.39 is 11.0 Å². The Morgan fingerprint density at radius 1 is 1.00 bits per heavy atom. The van der Waals surface area contributed by atoms with E-state index in [0.717, 1.165) is 55.2 Å². The molecule has 0 amide bonds. The highest BCUT2D eigenvalue weighted by Gasteiger charge is 2.66. The molecule has 1 aromatic carbocycles. The summed E-state index contributed by atoms with van der Waals surface area (Å²) in [6, 6.07) is 8.15. The second-order valence-electron chi connectivity index (χ2n) is 14.8. The topological polar surface area (TPSA) is 94.1 Å². The number of hydrogen-bond acceptors (Lipinski definition) is 5. The number of ketones is 3. The number of Topliss-reactive ketones (excluding diaryl/α,β-unsaturated/α-hetero) is 3. The number of carbonyl (C=O) groups excluding carboxylic acids is 4. The highest BCUT2D eigenvalue weighted by molar-refractivity contribution is 9.10. The molecule has 1 aromatic rings. The van der Waals surface area contributed by atoms with Crippen molar-refractivity contribution in [2.45, 2.75) is 97.0 Å². The third-order valence-corrected chi connectivity index (χ3v) is 13.4. The van der Waals surface area contributed by atoms with Gasteiger partial charge in [0.15, 0.2) is 0 Å². The molecule has 0 unspecified atom stereocenters.